The van der Waals surface area contributed by atoms with E-state index in [0.717, 1.165) is 42.9 Å². The van der Waals surface area contributed by atoms with Crippen molar-refractivity contribution in [2.75, 3.05) is 25.9 Å². The van der Waals surface area contributed by atoms with Gasteiger partial charge >= 0.3 is 0 Å². The Morgan fingerprint density at radius 2 is 2.00 bits per heavy atom. The number of nitrogens with zero attached hydrogens (tertiary/aromatic N) is 1. The number of thioether (sulfide) groups is 1. The van der Waals surface area contributed by atoms with Gasteiger partial charge in [-0.05, 0) is 43.7 Å². The van der Waals surface area contributed by atoms with E-state index in [0.29, 0.717) is 5.92 Å². The second kappa shape index (κ2) is 7.78. The topological polar surface area (TPSA) is 46.3 Å². The van der Waals surface area contributed by atoms with E-state index < -0.39 is 0 Å². The number of halogens is 1. The minimum atomic E-state index is 0. The van der Waals surface area contributed by atoms with Crippen LogP contribution in [0.2, 0.25) is 0 Å². The first-order valence-electron chi connectivity index (χ1n) is 6.38. The Morgan fingerprint density at radius 3 is 2.58 bits per heavy atom. The van der Waals surface area contributed by atoms with E-state index in [9.17, 15) is 4.79 Å². The summed E-state index contributed by atoms with van der Waals surface area (Å²) in [6.45, 7) is 2.41. The molecular weight excluding hydrogens is 280 g/mol. The lowest BCUT2D eigenvalue weighted by atomic mass is 9.96. The maximum atomic E-state index is 12.5. The van der Waals surface area contributed by atoms with Crippen molar-refractivity contribution < 1.29 is 4.79 Å². The van der Waals surface area contributed by atoms with Gasteiger partial charge in [0.05, 0.1) is 5.56 Å². The number of benzene rings is 1. The molecule has 1 fully saturated rings. The van der Waals surface area contributed by atoms with E-state index in [4.69, 9.17) is 5.73 Å². The summed E-state index contributed by atoms with van der Waals surface area (Å²) in [5, 5.41) is 0. The van der Waals surface area contributed by atoms with E-state index in [1.165, 1.54) is 0 Å². The zero-order valence-electron chi connectivity index (χ0n) is 11.2. The van der Waals surface area contributed by atoms with Gasteiger partial charge in [0.15, 0.2) is 0 Å². The molecule has 106 valence electrons. The smallest absolute Gasteiger partial charge is 0.254 e. The molecule has 0 spiro atoms. The molecule has 1 aromatic rings. The van der Waals surface area contributed by atoms with Crippen molar-refractivity contribution in [1.82, 2.24) is 4.90 Å². The zero-order valence-corrected chi connectivity index (χ0v) is 12.8. The Balaban J connectivity index is 0.00000180. The molecule has 1 heterocycles. The standard InChI is InChI=1S/C14H20N2OS.ClH/c1-18-13-5-3-2-4-12(13)14(17)16-8-6-11(10-15)7-9-16;/h2-5,11H,6-10,15H2,1H3;1H. The third-order valence-electron chi connectivity index (χ3n) is 3.57. The van der Waals surface area contributed by atoms with E-state index >= 15 is 0 Å². The maximum Gasteiger partial charge on any atom is 0.254 e. The molecule has 3 nitrogen and oxygen atoms in total. The lowest BCUT2D eigenvalue weighted by Crippen LogP contribution is -2.40. The van der Waals surface area contributed by atoms with Gasteiger partial charge in [0.25, 0.3) is 5.91 Å². The van der Waals surface area contributed by atoms with Gasteiger partial charge in [-0.1, -0.05) is 12.1 Å². The molecular formula is C14H21ClN2OS. The molecule has 0 atom stereocenters. The predicted molar refractivity (Wildman–Crippen MR) is 83.2 cm³/mol. The van der Waals surface area contributed by atoms with Crippen LogP contribution in [-0.4, -0.2) is 36.7 Å². The summed E-state index contributed by atoms with van der Waals surface area (Å²) < 4.78 is 0. The second-order valence-electron chi connectivity index (χ2n) is 4.67. The van der Waals surface area contributed by atoms with Gasteiger partial charge in [-0.25, -0.2) is 0 Å². The van der Waals surface area contributed by atoms with Crippen LogP contribution < -0.4 is 5.73 Å². The van der Waals surface area contributed by atoms with Gasteiger partial charge in [-0.2, -0.15) is 0 Å². The van der Waals surface area contributed by atoms with Gasteiger partial charge in [0, 0.05) is 18.0 Å². The van der Waals surface area contributed by atoms with Gasteiger partial charge in [0.2, 0.25) is 0 Å². The van der Waals surface area contributed by atoms with Gasteiger partial charge < -0.3 is 10.6 Å². The summed E-state index contributed by atoms with van der Waals surface area (Å²) >= 11 is 1.63. The number of likely N-dealkylation sites (tertiary alicyclic amines) is 1. The summed E-state index contributed by atoms with van der Waals surface area (Å²) in [4.78, 5) is 15.5. The average molecular weight is 301 g/mol. The third kappa shape index (κ3) is 3.88. The first kappa shape index (κ1) is 16.3. The van der Waals surface area contributed by atoms with Crippen LogP contribution in [-0.2, 0) is 0 Å². The molecule has 1 saturated heterocycles. The number of carbonyl (C=O) groups is 1. The quantitative estimate of drug-likeness (QED) is 0.873. The van der Waals surface area contributed by atoms with Crippen LogP contribution in [0.4, 0.5) is 0 Å². The molecule has 1 amide bonds. The first-order chi connectivity index (χ1) is 8.76. The normalized spacial score (nSPS) is 16.0. The summed E-state index contributed by atoms with van der Waals surface area (Å²) in [5.41, 5.74) is 6.50. The number of hydrogen-bond donors (Lipinski definition) is 1. The molecule has 0 bridgehead atoms. The number of carbonyl (C=O) groups excluding carboxylic acids is 1. The van der Waals surface area contributed by atoms with Crippen molar-refractivity contribution in [2.24, 2.45) is 11.7 Å². The monoisotopic (exact) mass is 300 g/mol. The van der Waals surface area contributed by atoms with Crippen molar-refractivity contribution in [3.8, 4) is 0 Å². The van der Waals surface area contributed by atoms with Crippen LogP contribution in [0.15, 0.2) is 29.2 Å². The van der Waals surface area contributed by atoms with Crippen molar-refractivity contribution in [3.05, 3.63) is 29.8 Å². The van der Waals surface area contributed by atoms with Crippen molar-refractivity contribution >= 4 is 30.1 Å². The summed E-state index contributed by atoms with van der Waals surface area (Å²) in [6, 6.07) is 7.83. The molecule has 2 rings (SSSR count). The zero-order chi connectivity index (χ0) is 13.0. The molecule has 1 aliphatic heterocycles. The molecule has 0 aliphatic carbocycles. The van der Waals surface area contributed by atoms with Gasteiger partial charge in [-0.15, -0.1) is 24.2 Å². The third-order valence-corrected chi connectivity index (χ3v) is 4.37. The van der Waals surface area contributed by atoms with Crippen LogP contribution in [0.25, 0.3) is 0 Å². The molecule has 19 heavy (non-hydrogen) atoms. The predicted octanol–water partition coefficient (Wildman–Crippen LogP) is 2.64. The fraction of sp³-hybridized carbons (Fsp3) is 0.500. The molecule has 1 aromatic carbocycles. The first-order valence-corrected chi connectivity index (χ1v) is 7.61. The fourth-order valence-electron chi connectivity index (χ4n) is 2.36. The lowest BCUT2D eigenvalue weighted by molar-refractivity contribution is 0.0690. The highest BCUT2D eigenvalue weighted by Gasteiger charge is 2.23. The van der Waals surface area contributed by atoms with Crippen LogP contribution in [0.3, 0.4) is 0 Å². The van der Waals surface area contributed by atoms with Crippen LogP contribution in [0, 0.1) is 5.92 Å². The van der Waals surface area contributed by atoms with E-state index in [1.807, 2.05) is 35.4 Å². The molecule has 1 aliphatic rings. The van der Waals surface area contributed by atoms with E-state index in [2.05, 4.69) is 0 Å². The van der Waals surface area contributed by atoms with E-state index in [-0.39, 0.29) is 18.3 Å². The lowest BCUT2D eigenvalue weighted by Gasteiger charge is -2.31. The molecule has 0 saturated carbocycles. The van der Waals surface area contributed by atoms with Crippen molar-refractivity contribution in [3.63, 3.8) is 0 Å². The van der Waals surface area contributed by atoms with Crippen molar-refractivity contribution in [1.29, 1.82) is 0 Å². The maximum absolute atomic E-state index is 12.5. The van der Waals surface area contributed by atoms with Gasteiger partial charge in [0.1, 0.15) is 0 Å². The number of amides is 1. The van der Waals surface area contributed by atoms with Crippen LogP contribution in [0.5, 0.6) is 0 Å². The van der Waals surface area contributed by atoms with Crippen LogP contribution >= 0.6 is 24.2 Å². The summed E-state index contributed by atoms with van der Waals surface area (Å²) in [7, 11) is 0. The highest BCUT2D eigenvalue weighted by atomic mass is 35.5. The number of hydrogen-bond acceptors (Lipinski definition) is 3. The Kier molecular flexibility index (Phi) is 6.69. The minimum Gasteiger partial charge on any atom is -0.339 e. The molecule has 0 unspecified atom stereocenters. The molecule has 5 heteroatoms. The Hall–Kier alpha value is -0.710. The minimum absolute atomic E-state index is 0. The largest absolute Gasteiger partial charge is 0.339 e. The number of nitrogens with two attached hydrogens (primary N) is 1. The number of piperidine rings is 1. The molecule has 0 radical (unpaired) electrons. The van der Waals surface area contributed by atoms with Gasteiger partial charge in [-0.3, -0.25) is 4.79 Å². The summed E-state index contributed by atoms with van der Waals surface area (Å²) in [6.07, 6.45) is 4.07. The van der Waals surface area contributed by atoms with Crippen LogP contribution in [0.1, 0.15) is 23.2 Å². The molecule has 2 N–H and O–H groups in total. The average Bonchev–Trinajstić information content (AvgIpc) is 2.46. The highest BCUT2D eigenvalue weighted by Crippen LogP contribution is 2.24. The Morgan fingerprint density at radius 1 is 1.37 bits per heavy atom. The summed E-state index contributed by atoms with van der Waals surface area (Å²) in [5.74, 6) is 0.750. The number of rotatable bonds is 3. The highest BCUT2D eigenvalue weighted by molar-refractivity contribution is 7.98. The van der Waals surface area contributed by atoms with Crippen molar-refractivity contribution in [2.45, 2.75) is 17.7 Å². The fourth-order valence-corrected chi connectivity index (χ4v) is 2.95. The Bertz CT molecular complexity index is 420. The Labute approximate surface area is 125 Å². The second-order valence-corrected chi connectivity index (χ2v) is 5.52. The molecule has 0 aromatic heterocycles. The SMILES string of the molecule is CSc1ccccc1C(=O)N1CCC(CN)CC1.Cl. The van der Waals surface area contributed by atoms with E-state index in [1.54, 1.807) is 11.8 Å².